The molecule has 1 saturated heterocycles. The lowest BCUT2D eigenvalue weighted by Crippen LogP contribution is -2.44. The predicted molar refractivity (Wildman–Crippen MR) is 60.6 cm³/mol. The molecule has 1 heterocycles. The number of rotatable bonds is 6. The molecule has 0 bridgehead atoms. The molecule has 1 aliphatic heterocycles. The molecule has 8 nitrogen and oxygen atoms in total. The third-order valence-corrected chi connectivity index (χ3v) is 2.50. The van der Waals surface area contributed by atoms with E-state index in [0.29, 0.717) is 0 Å². The fourth-order valence-electron chi connectivity index (χ4n) is 1.53. The average molecular weight is 259 g/mol. The summed E-state index contributed by atoms with van der Waals surface area (Å²) in [5, 5.41) is 11.8. The highest BCUT2D eigenvalue weighted by Crippen LogP contribution is 2.00. The van der Waals surface area contributed by atoms with E-state index in [1.807, 2.05) is 0 Å². The molecule has 0 aliphatic carbocycles. The molecule has 1 aliphatic rings. The number of nitrogens with zero attached hydrogens (tertiary/aromatic N) is 2. The molecule has 1 fully saturated rings. The van der Waals surface area contributed by atoms with E-state index in [9.17, 15) is 19.5 Å². The number of nitrogens with one attached hydrogen (secondary N) is 1. The molecule has 4 amide bonds. The fraction of sp³-hybridized carbons (Fsp3) is 0.700. The summed E-state index contributed by atoms with van der Waals surface area (Å²) in [5.74, 6) is -0.852. The Morgan fingerprint density at radius 2 is 2.28 bits per heavy atom. The van der Waals surface area contributed by atoms with Crippen LogP contribution in [-0.4, -0.2) is 79.3 Å². The highest BCUT2D eigenvalue weighted by atomic mass is 16.5. The minimum absolute atomic E-state index is 0.0797. The van der Waals surface area contributed by atoms with E-state index in [1.165, 1.54) is 19.1 Å². The summed E-state index contributed by atoms with van der Waals surface area (Å²) in [7, 11) is 2.93. The number of likely N-dealkylation sites (N-methyl/N-ethyl adjacent to an activating group) is 1. The van der Waals surface area contributed by atoms with E-state index >= 15 is 0 Å². The van der Waals surface area contributed by atoms with Crippen LogP contribution < -0.4 is 5.32 Å². The molecule has 0 aromatic carbocycles. The minimum atomic E-state index is -0.799. The average Bonchev–Trinajstić information content (AvgIpc) is 2.60. The lowest BCUT2D eigenvalue weighted by Gasteiger charge is -2.22. The lowest BCUT2D eigenvalue weighted by atomic mass is 10.3. The van der Waals surface area contributed by atoms with Crippen molar-refractivity contribution in [2.75, 3.05) is 40.4 Å². The van der Waals surface area contributed by atoms with Gasteiger partial charge < -0.3 is 20.1 Å². The Hall–Kier alpha value is -1.67. The Balaban J connectivity index is 2.44. The largest absolute Gasteiger partial charge is 0.389 e. The third kappa shape index (κ3) is 3.67. The van der Waals surface area contributed by atoms with Gasteiger partial charge in [0.15, 0.2) is 0 Å². The molecule has 102 valence electrons. The van der Waals surface area contributed by atoms with E-state index in [4.69, 9.17) is 4.74 Å². The zero-order chi connectivity index (χ0) is 13.7. The first kappa shape index (κ1) is 14.4. The summed E-state index contributed by atoms with van der Waals surface area (Å²) in [4.78, 5) is 36.3. The number of ether oxygens (including phenoxy) is 1. The molecule has 0 saturated carbocycles. The number of aliphatic hydroxyl groups excluding tert-OH is 1. The minimum Gasteiger partial charge on any atom is -0.389 e. The molecule has 0 aromatic rings. The lowest BCUT2D eigenvalue weighted by molar-refractivity contribution is -0.136. The van der Waals surface area contributed by atoms with E-state index in [0.717, 1.165) is 4.90 Å². The molecular formula is C10H17N3O5. The molecule has 1 atom stereocenters. The van der Waals surface area contributed by atoms with Crippen LogP contribution in [0.5, 0.6) is 0 Å². The molecule has 18 heavy (non-hydrogen) atoms. The van der Waals surface area contributed by atoms with Gasteiger partial charge in [0.25, 0.3) is 5.91 Å². The normalized spacial score (nSPS) is 16.7. The zero-order valence-electron chi connectivity index (χ0n) is 10.4. The van der Waals surface area contributed by atoms with Crippen molar-refractivity contribution in [1.29, 1.82) is 0 Å². The van der Waals surface area contributed by atoms with Crippen LogP contribution in [0.15, 0.2) is 0 Å². The van der Waals surface area contributed by atoms with Crippen LogP contribution in [0.2, 0.25) is 0 Å². The number of carbonyl (C=O) groups is 3. The molecule has 0 spiro atoms. The molecule has 8 heteroatoms. The Morgan fingerprint density at radius 3 is 2.78 bits per heavy atom. The molecule has 0 aromatic heterocycles. The SMILES string of the molecule is COCC(O)CN(C)C(=O)CN1C(=O)CNC1=O. The smallest absolute Gasteiger partial charge is 0.325 e. The van der Waals surface area contributed by atoms with Gasteiger partial charge in [-0.15, -0.1) is 0 Å². The van der Waals surface area contributed by atoms with Crippen molar-refractivity contribution in [2.45, 2.75) is 6.10 Å². The number of imide groups is 1. The quantitative estimate of drug-likeness (QED) is 0.538. The second-order valence-electron chi connectivity index (χ2n) is 4.02. The van der Waals surface area contributed by atoms with Crippen LogP contribution >= 0.6 is 0 Å². The van der Waals surface area contributed by atoms with Gasteiger partial charge in [0.2, 0.25) is 5.91 Å². The van der Waals surface area contributed by atoms with E-state index in [-0.39, 0.29) is 26.2 Å². The topological polar surface area (TPSA) is 99.2 Å². The first-order valence-electron chi connectivity index (χ1n) is 5.45. The number of urea groups is 1. The van der Waals surface area contributed by atoms with Crippen molar-refractivity contribution < 1.29 is 24.2 Å². The maximum absolute atomic E-state index is 11.7. The van der Waals surface area contributed by atoms with Crippen LogP contribution in [0.3, 0.4) is 0 Å². The van der Waals surface area contributed by atoms with Gasteiger partial charge in [0.05, 0.1) is 19.3 Å². The monoisotopic (exact) mass is 259 g/mol. The van der Waals surface area contributed by atoms with Gasteiger partial charge in [-0.25, -0.2) is 4.79 Å². The number of methoxy groups -OCH3 is 1. The summed E-state index contributed by atoms with van der Waals surface area (Å²) in [6.45, 7) is -0.208. The van der Waals surface area contributed by atoms with Crippen LogP contribution in [0.25, 0.3) is 0 Å². The summed E-state index contributed by atoms with van der Waals surface area (Å²) in [6, 6.07) is -0.570. The highest BCUT2D eigenvalue weighted by molar-refractivity contribution is 6.04. The maximum Gasteiger partial charge on any atom is 0.325 e. The van der Waals surface area contributed by atoms with E-state index < -0.39 is 23.9 Å². The summed E-state index contributed by atoms with van der Waals surface area (Å²) in [5.41, 5.74) is 0. The Morgan fingerprint density at radius 1 is 1.61 bits per heavy atom. The number of hydrogen-bond donors (Lipinski definition) is 2. The van der Waals surface area contributed by atoms with Crippen molar-refractivity contribution in [2.24, 2.45) is 0 Å². The Kier molecular flexibility index (Phi) is 5.05. The van der Waals surface area contributed by atoms with Gasteiger partial charge in [0.1, 0.15) is 6.54 Å². The first-order valence-corrected chi connectivity index (χ1v) is 5.45. The van der Waals surface area contributed by atoms with Crippen molar-refractivity contribution in [1.82, 2.24) is 15.1 Å². The van der Waals surface area contributed by atoms with E-state index in [2.05, 4.69) is 5.32 Å². The summed E-state index contributed by atoms with van der Waals surface area (Å²) < 4.78 is 4.74. The first-order chi connectivity index (χ1) is 8.45. The Bertz CT molecular complexity index is 330. The van der Waals surface area contributed by atoms with Gasteiger partial charge in [-0.05, 0) is 0 Å². The summed E-state index contributed by atoms with van der Waals surface area (Å²) in [6.07, 6.45) is -0.799. The highest BCUT2D eigenvalue weighted by Gasteiger charge is 2.31. The number of hydrogen-bond acceptors (Lipinski definition) is 5. The fourth-order valence-corrected chi connectivity index (χ4v) is 1.53. The van der Waals surface area contributed by atoms with Gasteiger partial charge in [0, 0.05) is 20.7 Å². The molecule has 2 N–H and O–H groups in total. The van der Waals surface area contributed by atoms with Gasteiger partial charge in [-0.2, -0.15) is 0 Å². The molecular weight excluding hydrogens is 242 g/mol. The predicted octanol–water partition coefficient (Wildman–Crippen LogP) is -2.00. The van der Waals surface area contributed by atoms with Crippen LogP contribution in [0, 0.1) is 0 Å². The molecule has 1 rings (SSSR count). The van der Waals surface area contributed by atoms with Crippen molar-refractivity contribution >= 4 is 17.8 Å². The number of aliphatic hydroxyl groups is 1. The Labute approximate surface area is 104 Å². The standard InChI is InChI=1S/C10H17N3O5/c1-12(4-7(14)6-18-2)9(16)5-13-8(15)3-11-10(13)17/h7,14H,3-6H2,1-2H3,(H,11,17). The molecule has 1 unspecified atom stereocenters. The molecule has 0 radical (unpaired) electrons. The summed E-state index contributed by atoms with van der Waals surface area (Å²) >= 11 is 0. The van der Waals surface area contributed by atoms with Crippen molar-refractivity contribution in [3.05, 3.63) is 0 Å². The van der Waals surface area contributed by atoms with Crippen LogP contribution in [0.4, 0.5) is 4.79 Å². The number of carbonyl (C=O) groups excluding carboxylic acids is 3. The van der Waals surface area contributed by atoms with Gasteiger partial charge in [-0.3, -0.25) is 14.5 Å². The second-order valence-corrected chi connectivity index (χ2v) is 4.02. The van der Waals surface area contributed by atoms with Crippen LogP contribution in [-0.2, 0) is 14.3 Å². The van der Waals surface area contributed by atoms with E-state index in [1.54, 1.807) is 0 Å². The van der Waals surface area contributed by atoms with Gasteiger partial charge in [-0.1, -0.05) is 0 Å². The number of amides is 4. The zero-order valence-corrected chi connectivity index (χ0v) is 10.4. The van der Waals surface area contributed by atoms with Crippen molar-refractivity contribution in [3.63, 3.8) is 0 Å². The van der Waals surface area contributed by atoms with Crippen molar-refractivity contribution in [3.8, 4) is 0 Å². The maximum atomic E-state index is 11.7. The third-order valence-electron chi connectivity index (χ3n) is 2.50. The van der Waals surface area contributed by atoms with Gasteiger partial charge >= 0.3 is 6.03 Å². The van der Waals surface area contributed by atoms with Crippen LogP contribution in [0.1, 0.15) is 0 Å². The second kappa shape index (κ2) is 6.31.